The summed E-state index contributed by atoms with van der Waals surface area (Å²) >= 11 is 0. The first-order valence-corrected chi connectivity index (χ1v) is 5.40. The fourth-order valence-corrected chi connectivity index (χ4v) is 1.27. The highest BCUT2D eigenvalue weighted by Crippen LogP contribution is 2.32. The first-order valence-electron chi connectivity index (χ1n) is 5.40. The molecule has 1 N–H and O–H groups in total. The molecule has 0 heterocycles. The monoisotopic (exact) mass is 247 g/mol. The van der Waals surface area contributed by atoms with Crippen molar-refractivity contribution in [3.8, 4) is 0 Å². The molecule has 0 aliphatic heterocycles. The van der Waals surface area contributed by atoms with Crippen molar-refractivity contribution in [2.24, 2.45) is 5.92 Å². The van der Waals surface area contributed by atoms with Crippen LogP contribution in [0.15, 0.2) is 30.3 Å². The van der Waals surface area contributed by atoms with Crippen molar-refractivity contribution in [1.29, 1.82) is 0 Å². The molecular formula is C12H16F3NO. The number of benzene rings is 1. The van der Waals surface area contributed by atoms with Crippen LogP contribution in [-0.4, -0.2) is 12.8 Å². The van der Waals surface area contributed by atoms with Crippen LogP contribution in [0.2, 0.25) is 0 Å². The lowest BCUT2D eigenvalue weighted by Crippen LogP contribution is -2.35. The van der Waals surface area contributed by atoms with Gasteiger partial charge in [-0.1, -0.05) is 44.2 Å². The van der Waals surface area contributed by atoms with Crippen molar-refractivity contribution in [1.82, 2.24) is 5.48 Å². The molecule has 0 saturated heterocycles. The van der Waals surface area contributed by atoms with Crippen LogP contribution in [0, 0.1) is 5.92 Å². The summed E-state index contributed by atoms with van der Waals surface area (Å²) in [5.74, 6) is 0.173. The maximum Gasteiger partial charge on any atom is 0.410 e. The van der Waals surface area contributed by atoms with Crippen molar-refractivity contribution in [3.63, 3.8) is 0 Å². The molecule has 0 aromatic heterocycles. The zero-order chi connectivity index (χ0) is 12.9. The Morgan fingerprint density at radius 1 is 1.18 bits per heavy atom. The van der Waals surface area contributed by atoms with Gasteiger partial charge in [0.2, 0.25) is 0 Å². The Labute approximate surface area is 98.7 Å². The van der Waals surface area contributed by atoms with Crippen molar-refractivity contribution in [3.05, 3.63) is 35.9 Å². The molecule has 0 bridgehead atoms. The van der Waals surface area contributed by atoms with E-state index in [-0.39, 0.29) is 18.1 Å². The minimum atomic E-state index is -4.38. The highest BCUT2D eigenvalue weighted by molar-refractivity contribution is 5.19. The lowest BCUT2D eigenvalue weighted by Gasteiger charge is -2.22. The second-order valence-corrected chi connectivity index (χ2v) is 4.21. The van der Waals surface area contributed by atoms with Crippen molar-refractivity contribution >= 4 is 0 Å². The van der Waals surface area contributed by atoms with Gasteiger partial charge in [-0.25, -0.2) is 0 Å². The van der Waals surface area contributed by atoms with Crippen molar-refractivity contribution in [2.75, 3.05) is 6.61 Å². The summed E-state index contributed by atoms with van der Waals surface area (Å²) in [5, 5.41) is 0. The van der Waals surface area contributed by atoms with E-state index in [2.05, 4.69) is 5.48 Å². The largest absolute Gasteiger partial charge is 0.410 e. The lowest BCUT2D eigenvalue weighted by atomic mass is 10.1. The number of alkyl halides is 3. The number of halogens is 3. The van der Waals surface area contributed by atoms with E-state index < -0.39 is 12.2 Å². The first kappa shape index (κ1) is 14.0. The van der Waals surface area contributed by atoms with Gasteiger partial charge in [0, 0.05) is 0 Å². The van der Waals surface area contributed by atoms with Crippen LogP contribution in [-0.2, 0) is 4.84 Å². The van der Waals surface area contributed by atoms with Crippen LogP contribution in [0.5, 0.6) is 0 Å². The molecule has 0 radical (unpaired) electrons. The van der Waals surface area contributed by atoms with Gasteiger partial charge in [-0.05, 0) is 11.5 Å². The summed E-state index contributed by atoms with van der Waals surface area (Å²) in [6, 6.07) is 5.86. The van der Waals surface area contributed by atoms with Crippen molar-refractivity contribution in [2.45, 2.75) is 26.1 Å². The maximum atomic E-state index is 12.8. The minimum absolute atomic E-state index is 0.142. The number of nitrogens with one attached hydrogen (secondary N) is 1. The molecule has 96 valence electrons. The number of hydrogen-bond donors (Lipinski definition) is 1. The minimum Gasteiger partial charge on any atom is -0.301 e. The van der Waals surface area contributed by atoms with Crippen molar-refractivity contribution < 1.29 is 18.0 Å². The Hall–Kier alpha value is -1.07. The van der Waals surface area contributed by atoms with E-state index in [1.165, 1.54) is 12.1 Å². The van der Waals surface area contributed by atoms with Crippen LogP contribution >= 0.6 is 0 Å². The molecule has 0 amide bonds. The fourth-order valence-electron chi connectivity index (χ4n) is 1.27. The summed E-state index contributed by atoms with van der Waals surface area (Å²) in [5.41, 5.74) is 2.22. The van der Waals surface area contributed by atoms with E-state index in [4.69, 9.17) is 4.84 Å². The molecule has 0 fully saturated rings. The van der Waals surface area contributed by atoms with Gasteiger partial charge in [0.05, 0.1) is 6.61 Å². The van der Waals surface area contributed by atoms with Crippen LogP contribution in [0.3, 0.4) is 0 Å². The molecule has 1 aromatic carbocycles. The summed E-state index contributed by atoms with van der Waals surface area (Å²) in [4.78, 5) is 4.87. The van der Waals surface area contributed by atoms with E-state index in [1.807, 2.05) is 13.8 Å². The highest BCUT2D eigenvalue weighted by Gasteiger charge is 2.41. The molecule has 1 rings (SSSR count). The average molecular weight is 247 g/mol. The SMILES string of the molecule is CC(C)CONC(c1ccccc1)C(F)(F)F. The van der Waals surface area contributed by atoms with E-state index in [9.17, 15) is 13.2 Å². The molecule has 0 saturated carbocycles. The Kier molecular flexibility index (Phi) is 4.96. The second kappa shape index (κ2) is 6.02. The van der Waals surface area contributed by atoms with E-state index in [0.29, 0.717) is 0 Å². The Bertz CT molecular complexity index is 324. The van der Waals surface area contributed by atoms with Gasteiger partial charge in [0.15, 0.2) is 6.04 Å². The van der Waals surface area contributed by atoms with Gasteiger partial charge >= 0.3 is 6.18 Å². The van der Waals surface area contributed by atoms with Gasteiger partial charge < -0.3 is 4.84 Å². The van der Waals surface area contributed by atoms with Crippen LogP contribution < -0.4 is 5.48 Å². The predicted octanol–water partition coefficient (Wildman–Crippen LogP) is 3.47. The normalized spacial score (nSPS) is 14.0. The van der Waals surface area contributed by atoms with Crippen LogP contribution in [0.4, 0.5) is 13.2 Å². The number of rotatable bonds is 5. The van der Waals surface area contributed by atoms with Gasteiger partial charge in [0.25, 0.3) is 0 Å². The molecule has 0 aliphatic rings. The zero-order valence-corrected chi connectivity index (χ0v) is 9.79. The molecular weight excluding hydrogens is 231 g/mol. The molecule has 1 atom stereocenters. The quantitative estimate of drug-likeness (QED) is 0.804. The first-order chi connectivity index (χ1) is 7.91. The molecule has 5 heteroatoms. The summed E-state index contributed by atoms with van der Waals surface area (Å²) in [6.45, 7) is 3.97. The topological polar surface area (TPSA) is 21.3 Å². The molecule has 2 nitrogen and oxygen atoms in total. The summed E-state index contributed by atoms with van der Waals surface area (Å²) in [7, 11) is 0. The standard InChI is InChI=1S/C12H16F3NO/c1-9(2)8-17-16-11(12(13,14)15)10-6-4-3-5-7-10/h3-7,9,11,16H,8H2,1-2H3. The Morgan fingerprint density at radius 2 is 1.76 bits per heavy atom. The number of hydrogen-bond acceptors (Lipinski definition) is 2. The molecule has 0 aliphatic carbocycles. The van der Waals surface area contributed by atoms with E-state index in [0.717, 1.165) is 0 Å². The summed E-state index contributed by atoms with van der Waals surface area (Å²) in [6.07, 6.45) is -4.38. The highest BCUT2D eigenvalue weighted by atomic mass is 19.4. The van der Waals surface area contributed by atoms with Gasteiger partial charge in [-0.3, -0.25) is 0 Å². The lowest BCUT2D eigenvalue weighted by molar-refractivity contribution is -0.189. The Balaban J connectivity index is 2.69. The van der Waals surface area contributed by atoms with Crippen LogP contribution in [0.25, 0.3) is 0 Å². The third-order valence-corrected chi connectivity index (χ3v) is 2.08. The average Bonchev–Trinajstić information content (AvgIpc) is 2.23. The number of hydroxylamine groups is 1. The fraction of sp³-hybridized carbons (Fsp3) is 0.500. The zero-order valence-electron chi connectivity index (χ0n) is 9.79. The van der Waals surface area contributed by atoms with E-state index in [1.54, 1.807) is 18.2 Å². The summed E-state index contributed by atoms with van der Waals surface area (Å²) < 4.78 is 38.4. The third kappa shape index (κ3) is 4.75. The second-order valence-electron chi connectivity index (χ2n) is 4.21. The van der Waals surface area contributed by atoms with Gasteiger partial charge in [-0.15, -0.1) is 0 Å². The van der Waals surface area contributed by atoms with E-state index >= 15 is 0 Å². The van der Waals surface area contributed by atoms with Gasteiger partial charge in [-0.2, -0.15) is 18.7 Å². The molecule has 17 heavy (non-hydrogen) atoms. The molecule has 0 spiro atoms. The van der Waals surface area contributed by atoms with Crippen LogP contribution in [0.1, 0.15) is 25.5 Å². The molecule has 1 unspecified atom stereocenters. The maximum absolute atomic E-state index is 12.8. The Morgan fingerprint density at radius 3 is 2.24 bits per heavy atom. The predicted molar refractivity (Wildman–Crippen MR) is 59.2 cm³/mol. The third-order valence-electron chi connectivity index (χ3n) is 2.08. The molecule has 1 aromatic rings. The van der Waals surface area contributed by atoms with Gasteiger partial charge in [0.1, 0.15) is 0 Å². The smallest absolute Gasteiger partial charge is 0.301 e.